The predicted molar refractivity (Wildman–Crippen MR) is 194 cm³/mol. The number of pyridine rings is 1. The van der Waals surface area contributed by atoms with Gasteiger partial charge in [0.25, 0.3) is 5.91 Å². The molecule has 1 aliphatic carbocycles. The standard InChI is InChI=1S/C36H40F2N8O11S.2Na/c1-3-42-10-11-44(32(52)31(42)51)36(57)40-23(16(2)47)29(49)39-24-30(50)46-25(35(55)56)17(15-58-33(24)46)13-41-6-8-43(9-7-41)27-21(37)12-19-26(22(27)38)45(18-4-5-18)14-20(28(19)48)34(53)54;;/h12,14,16,18,23-24,33,47H,3-11,13,15H2,1-2H3,(H,39,49)(H,40,57)(H,53,54)(H,55,56);;/q;2*+1/p-2/t16-,23+,24+,33+;;/m0../s1. The van der Waals surface area contributed by atoms with Crippen LogP contribution in [0, 0.1) is 11.6 Å². The van der Waals surface area contributed by atoms with Crippen molar-refractivity contribution in [2.75, 3.05) is 63.0 Å². The molecule has 4 aliphatic heterocycles. The van der Waals surface area contributed by atoms with E-state index in [2.05, 4.69) is 10.6 Å². The minimum atomic E-state index is -1.75. The van der Waals surface area contributed by atoms with Crippen LogP contribution in [0.4, 0.5) is 19.3 Å². The number of hydrogen-bond acceptors (Lipinski definition) is 14. The van der Waals surface area contributed by atoms with Crippen LogP contribution in [-0.4, -0.2) is 153 Å². The minimum absolute atomic E-state index is 0. The second kappa shape index (κ2) is 18.8. The average Bonchev–Trinajstić information content (AvgIpc) is 4.03. The smallest absolute Gasteiger partial charge is 0.545 e. The number of thioether (sulfide) groups is 1. The SMILES string of the molecule is CCN1CCN(C(=O)N[C@@H](C(=O)N[C@@H]2C(=O)N3C(C(=O)[O-])=C(CN4CCN(c5c(F)cc6c(=O)c(C(=O)[O-])cn(C7CC7)c6c5F)CC4)CS[C@H]23)[C@H](C)O)C(=O)C1=O.[Na+].[Na+]. The molecule has 4 atom stereocenters. The number of urea groups is 1. The summed E-state index contributed by atoms with van der Waals surface area (Å²) in [5, 5.41) is 37.7. The molecule has 7 rings (SSSR count). The number of aromatic nitrogens is 1. The Morgan fingerprint density at radius 3 is 2.22 bits per heavy atom. The molecule has 6 amide bonds. The van der Waals surface area contributed by atoms with Gasteiger partial charge in [-0.2, -0.15) is 0 Å². The van der Waals surface area contributed by atoms with Crippen LogP contribution in [-0.2, 0) is 24.0 Å². The van der Waals surface area contributed by atoms with E-state index in [0.717, 1.165) is 28.9 Å². The number of imide groups is 1. The summed E-state index contributed by atoms with van der Waals surface area (Å²) in [7, 11) is 0. The number of carboxylic acids is 2. The molecule has 24 heteroatoms. The van der Waals surface area contributed by atoms with Crippen molar-refractivity contribution in [3.63, 3.8) is 0 Å². The second-order valence-electron chi connectivity index (χ2n) is 14.6. The normalized spacial score (nSPS) is 21.7. The first-order chi connectivity index (χ1) is 27.5. The Kier molecular flexibility index (Phi) is 14.9. The summed E-state index contributed by atoms with van der Waals surface area (Å²) in [4.78, 5) is 107. The first-order valence-corrected chi connectivity index (χ1v) is 19.6. The van der Waals surface area contributed by atoms with Gasteiger partial charge in [-0.25, -0.2) is 13.6 Å². The predicted octanol–water partition coefficient (Wildman–Crippen LogP) is -9.34. The number of rotatable bonds is 11. The molecule has 3 saturated heterocycles. The van der Waals surface area contributed by atoms with Crippen molar-refractivity contribution >= 4 is 70.0 Å². The van der Waals surface area contributed by atoms with Crippen LogP contribution in [0.5, 0.6) is 0 Å². The quantitative estimate of drug-likeness (QED) is 0.108. The zero-order valence-electron chi connectivity index (χ0n) is 33.2. The molecule has 310 valence electrons. The third-order valence-electron chi connectivity index (χ3n) is 11.0. The number of β-lactam (4-membered cyclic amide) rings is 1. The number of likely N-dealkylation sites (N-methyl/N-ethyl adjacent to an activating group) is 1. The van der Waals surface area contributed by atoms with Crippen LogP contribution >= 0.6 is 11.8 Å². The molecule has 4 fully saturated rings. The number of benzene rings is 1. The number of fused-ring (bicyclic) bond motifs is 2. The van der Waals surface area contributed by atoms with E-state index in [4.69, 9.17) is 0 Å². The van der Waals surface area contributed by atoms with Crippen molar-refractivity contribution < 1.29 is 117 Å². The number of carboxylic acid groups (broad SMARTS) is 2. The molecule has 0 bridgehead atoms. The Balaban J connectivity index is 0.00000341. The Morgan fingerprint density at radius 2 is 1.63 bits per heavy atom. The number of aliphatic hydroxyl groups excluding tert-OH is 1. The van der Waals surface area contributed by atoms with Gasteiger partial charge in [0, 0.05) is 70.3 Å². The maximum atomic E-state index is 16.2. The van der Waals surface area contributed by atoms with Crippen molar-refractivity contribution in [1.82, 2.24) is 34.8 Å². The second-order valence-corrected chi connectivity index (χ2v) is 15.7. The number of amides is 6. The molecule has 1 aromatic carbocycles. The number of nitrogens with zero attached hydrogens (tertiary/aromatic N) is 6. The molecule has 3 N–H and O–H groups in total. The minimum Gasteiger partial charge on any atom is -0.545 e. The van der Waals surface area contributed by atoms with Crippen molar-refractivity contribution in [2.24, 2.45) is 0 Å². The number of carbonyl (C=O) groups is 7. The number of aliphatic hydroxyl groups is 1. The molecule has 1 aromatic heterocycles. The Hall–Kier alpha value is -3.61. The summed E-state index contributed by atoms with van der Waals surface area (Å²) >= 11 is 1.15. The van der Waals surface area contributed by atoms with E-state index in [9.17, 15) is 53.7 Å². The molecular formula is C36H38F2N8Na2O11S. The van der Waals surface area contributed by atoms with Crippen LogP contribution in [0.3, 0.4) is 0 Å². The number of hydrogen-bond donors (Lipinski definition) is 3. The van der Waals surface area contributed by atoms with Crippen molar-refractivity contribution in [3.05, 3.63) is 51.0 Å². The van der Waals surface area contributed by atoms with E-state index < -0.39 is 98.9 Å². The summed E-state index contributed by atoms with van der Waals surface area (Å²) < 4.78 is 33.0. The summed E-state index contributed by atoms with van der Waals surface area (Å²) in [5.74, 6) is -9.15. The average molecular weight is 875 g/mol. The van der Waals surface area contributed by atoms with Crippen molar-refractivity contribution in [1.29, 1.82) is 0 Å². The largest absolute Gasteiger partial charge is 1.00 e. The molecule has 5 aliphatic rings. The van der Waals surface area contributed by atoms with Crippen molar-refractivity contribution in [3.8, 4) is 0 Å². The van der Waals surface area contributed by atoms with E-state index in [1.807, 2.05) is 4.90 Å². The van der Waals surface area contributed by atoms with Crippen LogP contribution in [0.2, 0.25) is 0 Å². The van der Waals surface area contributed by atoms with Gasteiger partial charge in [0.1, 0.15) is 29.0 Å². The van der Waals surface area contributed by atoms with Gasteiger partial charge in [-0.15, -0.1) is 11.8 Å². The fourth-order valence-corrected chi connectivity index (χ4v) is 9.06. The van der Waals surface area contributed by atoms with Crippen molar-refractivity contribution in [2.45, 2.75) is 56.3 Å². The Bertz CT molecular complexity index is 2250. The van der Waals surface area contributed by atoms with E-state index in [0.29, 0.717) is 23.3 Å². The van der Waals surface area contributed by atoms with E-state index in [1.54, 1.807) is 6.92 Å². The third kappa shape index (κ3) is 8.71. The zero-order chi connectivity index (χ0) is 41.9. The molecule has 0 unspecified atom stereocenters. The number of halogens is 2. The molecule has 5 heterocycles. The van der Waals surface area contributed by atoms with Gasteiger partial charge in [0.2, 0.25) is 5.91 Å². The van der Waals surface area contributed by atoms with Crippen LogP contribution in [0.25, 0.3) is 10.9 Å². The zero-order valence-corrected chi connectivity index (χ0v) is 38.0. The third-order valence-corrected chi connectivity index (χ3v) is 12.3. The van der Waals surface area contributed by atoms with E-state index in [-0.39, 0.29) is 134 Å². The number of piperazine rings is 2. The van der Waals surface area contributed by atoms with Gasteiger partial charge in [-0.05, 0) is 38.3 Å². The molecule has 2 aromatic rings. The topological polar surface area (TPSA) is 248 Å². The van der Waals surface area contributed by atoms with Gasteiger partial charge in [-0.1, -0.05) is 0 Å². The molecule has 0 radical (unpaired) electrons. The number of aromatic carboxylic acids is 1. The fourth-order valence-electron chi connectivity index (χ4n) is 7.73. The Morgan fingerprint density at radius 1 is 0.967 bits per heavy atom. The molecule has 60 heavy (non-hydrogen) atoms. The molecule has 0 spiro atoms. The summed E-state index contributed by atoms with van der Waals surface area (Å²) in [6.07, 6.45) is 0.760. The van der Waals surface area contributed by atoms with E-state index in [1.165, 1.54) is 21.3 Å². The summed E-state index contributed by atoms with van der Waals surface area (Å²) in [5.41, 5.74) is -2.41. The van der Waals surface area contributed by atoms with Gasteiger partial charge in [0.15, 0.2) is 11.2 Å². The first-order valence-electron chi connectivity index (χ1n) is 18.6. The maximum absolute atomic E-state index is 16.2. The summed E-state index contributed by atoms with van der Waals surface area (Å²) in [6, 6.07) is -3.42. The van der Waals surface area contributed by atoms with E-state index >= 15 is 8.78 Å². The summed E-state index contributed by atoms with van der Waals surface area (Å²) in [6.45, 7) is 3.69. The maximum Gasteiger partial charge on any atom is 1.00 e. The number of carbonyl (C=O) groups excluding carboxylic acids is 7. The van der Waals surface area contributed by atoms with Crippen LogP contribution in [0.15, 0.2) is 28.3 Å². The number of anilines is 1. The molecular weight excluding hydrogens is 836 g/mol. The molecule has 1 saturated carbocycles. The molecule has 19 nitrogen and oxygen atoms in total. The van der Waals surface area contributed by atoms with Crippen LogP contribution in [0.1, 0.15) is 43.1 Å². The van der Waals surface area contributed by atoms with Gasteiger partial charge < -0.3 is 49.9 Å². The van der Waals surface area contributed by atoms with Crippen LogP contribution < -0.4 is 90.3 Å². The fraction of sp³-hybridized carbons (Fsp3) is 0.500. The van der Waals surface area contributed by atoms with Gasteiger partial charge in [0.05, 0.1) is 40.2 Å². The Labute approximate surface area is 389 Å². The van der Waals surface area contributed by atoms with Gasteiger partial charge in [-0.3, -0.25) is 38.7 Å². The number of aliphatic carboxylic acids is 1. The monoisotopic (exact) mass is 874 g/mol. The first kappa shape index (κ1) is 47.4. The number of nitrogens with one attached hydrogen (secondary N) is 2. The van der Waals surface area contributed by atoms with Gasteiger partial charge >= 0.3 is 77.0 Å².